The van der Waals surface area contributed by atoms with Crippen molar-refractivity contribution in [2.24, 2.45) is 0 Å². The minimum atomic E-state index is -0.0742. The summed E-state index contributed by atoms with van der Waals surface area (Å²) in [7, 11) is 0. The van der Waals surface area contributed by atoms with Gasteiger partial charge in [-0.1, -0.05) is 54.1 Å². The topological polar surface area (TPSA) is 38.3 Å². The van der Waals surface area contributed by atoms with Gasteiger partial charge >= 0.3 is 0 Å². The summed E-state index contributed by atoms with van der Waals surface area (Å²) in [5.74, 6) is 0.0565. The van der Waals surface area contributed by atoms with Crippen molar-refractivity contribution in [3.63, 3.8) is 0 Å². The average Bonchev–Trinajstić information content (AvgIpc) is 2.62. The third-order valence-corrected chi connectivity index (χ3v) is 4.99. The van der Waals surface area contributed by atoms with Gasteiger partial charge in [0.15, 0.2) is 0 Å². The third-order valence-electron chi connectivity index (χ3n) is 4.74. The van der Waals surface area contributed by atoms with E-state index in [1.165, 1.54) is 5.56 Å². The lowest BCUT2D eigenvalue weighted by Gasteiger charge is -2.38. The molecule has 0 spiro atoms. The maximum atomic E-state index is 12.3. The van der Waals surface area contributed by atoms with Gasteiger partial charge in [0, 0.05) is 30.2 Å². The molecule has 3 nitrogen and oxygen atoms in total. The summed E-state index contributed by atoms with van der Waals surface area (Å²) < 4.78 is 5.53. The number of carbonyl (C=O) groups excluding carboxylic acids is 1. The van der Waals surface area contributed by atoms with Crippen molar-refractivity contribution in [3.8, 4) is 0 Å². The predicted octanol–water partition coefficient (Wildman–Crippen LogP) is 3.75. The van der Waals surface area contributed by atoms with Crippen LogP contribution in [0.2, 0.25) is 5.02 Å². The Kier molecular flexibility index (Phi) is 5.54. The van der Waals surface area contributed by atoms with Crippen LogP contribution in [0.5, 0.6) is 0 Å². The SMILES string of the molecule is O=C(Cc1ccccc1)NCC1(c2ccc(Cl)cc2)CCOCC1. The van der Waals surface area contributed by atoms with Crippen molar-refractivity contribution in [1.82, 2.24) is 5.32 Å². The van der Waals surface area contributed by atoms with Gasteiger partial charge in [-0.3, -0.25) is 4.79 Å². The molecule has 126 valence electrons. The van der Waals surface area contributed by atoms with Gasteiger partial charge in [-0.05, 0) is 36.1 Å². The number of halogens is 1. The van der Waals surface area contributed by atoms with E-state index in [4.69, 9.17) is 16.3 Å². The number of hydrogen-bond acceptors (Lipinski definition) is 2. The molecule has 1 aliphatic heterocycles. The van der Waals surface area contributed by atoms with E-state index < -0.39 is 0 Å². The van der Waals surface area contributed by atoms with Crippen LogP contribution in [0.1, 0.15) is 24.0 Å². The van der Waals surface area contributed by atoms with Gasteiger partial charge in [0.1, 0.15) is 0 Å². The summed E-state index contributed by atoms with van der Waals surface area (Å²) in [6.45, 7) is 2.07. The van der Waals surface area contributed by atoms with Crippen LogP contribution < -0.4 is 5.32 Å². The van der Waals surface area contributed by atoms with E-state index in [0.29, 0.717) is 13.0 Å². The summed E-state index contributed by atoms with van der Waals surface area (Å²) in [6.07, 6.45) is 2.22. The molecule has 2 aromatic rings. The van der Waals surface area contributed by atoms with E-state index in [2.05, 4.69) is 17.4 Å². The first kappa shape index (κ1) is 17.0. The van der Waals surface area contributed by atoms with Crippen molar-refractivity contribution in [2.75, 3.05) is 19.8 Å². The maximum absolute atomic E-state index is 12.3. The molecule has 4 heteroatoms. The second kappa shape index (κ2) is 7.82. The summed E-state index contributed by atoms with van der Waals surface area (Å²) in [4.78, 5) is 12.3. The Labute approximate surface area is 148 Å². The molecule has 0 atom stereocenters. The Hall–Kier alpha value is -1.84. The molecule has 0 radical (unpaired) electrons. The molecule has 2 aromatic carbocycles. The van der Waals surface area contributed by atoms with Crippen LogP contribution in [0.3, 0.4) is 0 Å². The number of rotatable bonds is 5. The monoisotopic (exact) mass is 343 g/mol. The summed E-state index contributed by atoms with van der Waals surface area (Å²) in [5, 5.41) is 3.86. The van der Waals surface area contributed by atoms with E-state index in [0.717, 1.165) is 36.6 Å². The van der Waals surface area contributed by atoms with Crippen molar-refractivity contribution in [1.29, 1.82) is 0 Å². The van der Waals surface area contributed by atoms with Crippen LogP contribution in [0.15, 0.2) is 54.6 Å². The maximum Gasteiger partial charge on any atom is 0.224 e. The highest BCUT2D eigenvalue weighted by Crippen LogP contribution is 2.34. The van der Waals surface area contributed by atoms with Crippen LogP contribution in [-0.4, -0.2) is 25.7 Å². The van der Waals surface area contributed by atoms with Crippen LogP contribution in [0, 0.1) is 0 Å². The quantitative estimate of drug-likeness (QED) is 0.898. The fourth-order valence-corrected chi connectivity index (χ4v) is 3.37. The molecule has 3 rings (SSSR count). The molecule has 1 heterocycles. The van der Waals surface area contributed by atoms with Crippen molar-refractivity contribution in [2.45, 2.75) is 24.7 Å². The zero-order valence-electron chi connectivity index (χ0n) is 13.6. The largest absolute Gasteiger partial charge is 0.381 e. The molecule has 1 fully saturated rings. The smallest absolute Gasteiger partial charge is 0.224 e. The second-order valence-electron chi connectivity index (χ2n) is 6.34. The highest BCUT2D eigenvalue weighted by Gasteiger charge is 2.34. The van der Waals surface area contributed by atoms with Gasteiger partial charge in [0.25, 0.3) is 0 Å². The van der Waals surface area contributed by atoms with Gasteiger partial charge in [0.2, 0.25) is 5.91 Å². The van der Waals surface area contributed by atoms with Crippen LogP contribution in [-0.2, 0) is 21.4 Å². The molecular formula is C20H22ClNO2. The highest BCUT2D eigenvalue weighted by molar-refractivity contribution is 6.30. The van der Waals surface area contributed by atoms with Crippen molar-refractivity contribution in [3.05, 3.63) is 70.7 Å². The normalized spacial score (nSPS) is 16.5. The highest BCUT2D eigenvalue weighted by atomic mass is 35.5. The van der Waals surface area contributed by atoms with Crippen molar-refractivity contribution < 1.29 is 9.53 Å². The molecule has 1 aliphatic rings. The van der Waals surface area contributed by atoms with E-state index in [1.54, 1.807) is 0 Å². The summed E-state index contributed by atoms with van der Waals surface area (Å²) >= 11 is 6.02. The van der Waals surface area contributed by atoms with E-state index in [-0.39, 0.29) is 11.3 Å². The summed E-state index contributed by atoms with van der Waals surface area (Å²) in [5.41, 5.74) is 2.17. The molecular weight excluding hydrogens is 322 g/mol. The van der Waals surface area contributed by atoms with Gasteiger partial charge in [0.05, 0.1) is 6.42 Å². The van der Waals surface area contributed by atoms with E-state index in [9.17, 15) is 4.79 Å². The number of benzene rings is 2. The minimum absolute atomic E-state index is 0.0565. The Balaban J connectivity index is 1.68. The number of carbonyl (C=O) groups is 1. The Morgan fingerprint density at radius 3 is 2.38 bits per heavy atom. The first-order valence-corrected chi connectivity index (χ1v) is 8.70. The Morgan fingerprint density at radius 2 is 1.71 bits per heavy atom. The first-order valence-electron chi connectivity index (χ1n) is 8.32. The Bertz CT molecular complexity index is 664. The number of amides is 1. The van der Waals surface area contributed by atoms with Crippen molar-refractivity contribution >= 4 is 17.5 Å². The first-order chi connectivity index (χ1) is 11.7. The lowest BCUT2D eigenvalue weighted by Crippen LogP contribution is -2.45. The fraction of sp³-hybridized carbons (Fsp3) is 0.350. The standard InChI is InChI=1S/C20H22ClNO2/c21-18-8-6-17(7-9-18)20(10-12-24-13-11-20)15-22-19(23)14-16-4-2-1-3-5-16/h1-9H,10-15H2,(H,22,23). The molecule has 1 amide bonds. The van der Waals surface area contributed by atoms with Gasteiger partial charge in [-0.25, -0.2) is 0 Å². The molecule has 0 aromatic heterocycles. The summed E-state index contributed by atoms with van der Waals surface area (Å²) in [6, 6.07) is 17.8. The third kappa shape index (κ3) is 4.16. The van der Waals surface area contributed by atoms with Gasteiger partial charge in [-0.2, -0.15) is 0 Å². The molecule has 0 saturated carbocycles. The molecule has 24 heavy (non-hydrogen) atoms. The number of hydrogen-bond donors (Lipinski definition) is 1. The predicted molar refractivity (Wildman–Crippen MR) is 96.3 cm³/mol. The molecule has 0 unspecified atom stereocenters. The van der Waals surface area contributed by atoms with E-state index >= 15 is 0 Å². The molecule has 0 aliphatic carbocycles. The van der Waals surface area contributed by atoms with Crippen LogP contribution in [0.25, 0.3) is 0 Å². The zero-order chi connectivity index (χ0) is 16.8. The molecule has 1 saturated heterocycles. The van der Waals surface area contributed by atoms with Crippen LogP contribution >= 0.6 is 11.6 Å². The van der Waals surface area contributed by atoms with Crippen LogP contribution in [0.4, 0.5) is 0 Å². The lowest BCUT2D eigenvalue weighted by atomic mass is 9.74. The second-order valence-corrected chi connectivity index (χ2v) is 6.78. The van der Waals surface area contributed by atoms with Gasteiger partial charge in [-0.15, -0.1) is 0 Å². The fourth-order valence-electron chi connectivity index (χ4n) is 3.24. The zero-order valence-corrected chi connectivity index (χ0v) is 14.4. The minimum Gasteiger partial charge on any atom is -0.381 e. The molecule has 1 N–H and O–H groups in total. The number of nitrogens with one attached hydrogen (secondary N) is 1. The average molecular weight is 344 g/mol. The van der Waals surface area contributed by atoms with E-state index in [1.807, 2.05) is 42.5 Å². The molecule has 0 bridgehead atoms. The lowest BCUT2D eigenvalue weighted by molar-refractivity contribution is -0.120. The van der Waals surface area contributed by atoms with Gasteiger partial charge < -0.3 is 10.1 Å². The number of ether oxygens (including phenoxy) is 1. The Morgan fingerprint density at radius 1 is 1.04 bits per heavy atom.